The molecule has 0 bridgehead atoms. The summed E-state index contributed by atoms with van der Waals surface area (Å²) < 4.78 is 5.91. The number of rotatable bonds is 6. The van der Waals surface area contributed by atoms with E-state index in [4.69, 9.17) is 9.72 Å². The third-order valence-corrected chi connectivity index (χ3v) is 5.17. The van der Waals surface area contributed by atoms with Crippen LogP contribution in [-0.4, -0.2) is 53.3 Å². The fourth-order valence-corrected chi connectivity index (χ4v) is 3.76. The molecule has 6 heteroatoms. The van der Waals surface area contributed by atoms with Gasteiger partial charge in [-0.15, -0.1) is 0 Å². The molecule has 1 aliphatic heterocycles. The lowest BCUT2D eigenvalue weighted by atomic mass is 10.1. The van der Waals surface area contributed by atoms with Crippen molar-refractivity contribution in [2.24, 2.45) is 0 Å². The molecule has 1 saturated carbocycles. The first-order valence-corrected chi connectivity index (χ1v) is 9.33. The zero-order valence-corrected chi connectivity index (χ0v) is 14.7. The van der Waals surface area contributed by atoms with E-state index in [9.17, 15) is 4.79 Å². The molecule has 25 heavy (non-hydrogen) atoms. The van der Waals surface area contributed by atoms with Crippen LogP contribution < -0.4 is 10.9 Å². The van der Waals surface area contributed by atoms with Crippen molar-refractivity contribution in [3.05, 3.63) is 40.4 Å². The molecule has 2 aromatic rings. The summed E-state index contributed by atoms with van der Waals surface area (Å²) in [6, 6.07) is 8.24. The number of benzene rings is 1. The number of ether oxygens (including phenoxy) is 1. The maximum Gasteiger partial charge on any atom is 0.258 e. The van der Waals surface area contributed by atoms with Gasteiger partial charge in [0.2, 0.25) is 0 Å². The molecule has 2 fully saturated rings. The number of H-pyrrole nitrogens is 1. The van der Waals surface area contributed by atoms with Gasteiger partial charge in [0.15, 0.2) is 0 Å². The predicted molar refractivity (Wildman–Crippen MR) is 97.7 cm³/mol. The molecule has 1 aromatic carbocycles. The maximum absolute atomic E-state index is 12.5. The molecule has 0 spiro atoms. The summed E-state index contributed by atoms with van der Waals surface area (Å²) in [5.41, 5.74) is 0.719. The molecule has 1 aliphatic carbocycles. The van der Waals surface area contributed by atoms with Crippen LogP contribution in [0.15, 0.2) is 29.1 Å². The summed E-state index contributed by atoms with van der Waals surface area (Å²) in [5, 5.41) is 4.06. The van der Waals surface area contributed by atoms with Crippen molar-refractivity contribution in [2.75, 3.05) is 26.2 Å². The standard InChI is InChI=1S/C19H26N4O2/c1-2-17(18-21-16-6-4-3-5-15(16)19(24)22-18)23(13-7-8-13)12-14-11-20-9-10-25-14/h3-6,13-14,17,20H,2,7-12H2,1H3,(H,21,22,24)/t14-,17?/m1/s1. The van der Waals surface area contributed by atoms with Crippen molar-refractivity contribution < 1.29 is 4.74 Å². The van der Waals surface area contributed by atoms with Gasteiger partial charge in [0.1, 0.15) is 5.82 Å². The van der Waals surface area contributed by atoms with Gasteiger partial charge in [-0.05, 0) is 31.4 Å². The van der Waals surface area contributed by atoms with Gasteiger partial charge in [-0.25, -0.2) is 4.98 Å². The maximum atomic E-state index is 12.5. The van der Waals surface area contributed by atoms with Gasteiger partial charge < -0.3 is 15.0 Å². The minimum absolute atomic E-state index is 0.0506. The molecule has 2 N–H and O–H groups in total. The zero-order valence-electron chi connectivity index (χ0n) is 14.7. The van der Waals surface area contributed by atoms with Crippen LogP contribution in [0.4, 0.5) is 0 Å². The van der Waals surface area contributed by atoms with E-state index in [1.54, 1.807) is 0 Å². The lowest BCUT2D eigenvalue weighted by Crippen LogP contribution is -2.47. The number of fused-ring (bicyclic) bond motifs is 1. The highest BCUT2D eigenvalue weighted by atomic mass is 16.5. The summed E-state index contributed by atoms with van der Waals surface area (Å²) in [4.78, 5) is 22.8. The number of hydrogen-bond donors (Lipinski definition) is 2. The number of morpholine rings is 1. The van der Waals surface area contributed by atoms with Gasteiger partial charge in [0.25, 0.3) is 5.56 Å². The van der Waals surface area contributed by atoms with Gasteiger partial charge >= 0.3 is 0 Å². The minimum atomic E-state index is -0.0506. The van der Waals surface area contributed by atoms with Crippen LogP contribution in [0.2, 0.25) is 0 Å². The number of para-hydroxylation sites is 1. The lowest BCUT2D eigenvalue weighted by Gasteiger charge is -2.35. The zero-order chi connectivity index (χ0) is 17.2. The number of nitrogens with zero attached hydrogens (tertiary/aromatic N) is 2. The minimum Gasteiger partial charge on any atom is -0.374 e. The van der Waals surface area contributed by atoms with Crippen LogP contribution in [0.3, 0.4) is 0 Å². The summed E-state index contributed by atoms with van der Waals surface area (Å²) in [7, 11) is 0. The SMILES string of the molecule is CCC(c1nc2ccccc2c(=O)[nH]1)N(C[C@H]1CNCCO1)C1CC1. The topological polar surface area (TPSA) is 70.2 Å². The molecular formula is C19H26N4O2. The van der Waals surface area contributed by atoms with Crippen LogP contribution in [0, 0.1) is 0 Å². The smallest absolute Gasteiger partial charge is 0.258 e. The number of hydrogen-bond acceptors (Lipinski definition) is 5. The molecule has 2 atom stereocenters. The third kappa shape index (κ3) is 3.61. The molecule has 1 aromatic heterocycles. The molecular weight excluding hydrogens is 316 g/mol. The molecule has 134 valence electrons. The Balaban J connectivity index is 1.64. The molecule has 2 heterocycles. The quantitative estimate of drug-likeness (QED) is 0.838. The largest absolute Gasteiger partial charge is 0.374 e. The van der Waals surface area contributed by atoms with Crippen LogP contribution >= 0.6 is 0 Å². The summed E-state index contributed by atoms with van der Waals surface area (Å²) in [6.07, 6.45) is 3.55. The highest BCUT2D eigenvalue weighted by molar-refractivity contribution is 5.77. The van der Waals surface area contributed by atoms with Crippen molar-refractivity contribution in [1.82, 2.24) is 20.2 Å². The Morgan fingerprint density at radius 3 is 2.92 bits per heavy atom. The summed E-state index contributed by atoms with van der Waals surface area (Å²) in [5.74, 6) is 0.780. The molecule has 6 nitrogen and oxygen atoms in total. The van der Waals surface area contributed by atoms with Crippen molar-refractivity contribution in [2.45, 2.75) is 44.4 Å². The molecule has 1 saturated heterocycles. The Morgan fingerprint density at radius 1 is 1.36 bits per heavy atom. The number of aromatic amines is 1. The normalized spacial score (nSPS) is 22.4. The van der Waals surface area contributed by atoms with E-state index in [-0.39, 0.29) is 17.7 Å². The summed E-state index contributed by atoms with van der Waals surface area (Å²) >= 11 is 0. The fraction of sp³-hybridized carbons (Fsp3) is 0.579. The first kappa shape index (κ1) is 16.7. The van der Waals surface area contributed by atoms with E-state index >= 15 is 0 Å². The van der Waals surface area contributed by atoms with Gasteiger partial charge in [-0.2, -0.15) is 0 Å². The molecule has 0 amide bonds. The van der Waals surface area contributed by atoms with Crippen LogP contribution in [0.5, 0.6) is 0 Å². The molecule has 0 radical (unpaired) electrons. The van der Waals surface area contributed by atoms with Crippen LogP contribution in [-0.2, 0) is 4.74 Å². The van der Waals surface area contributed by atoms with Crippen LogP contribution in [0.25, 0.3) is 10.9 Å². The Morgan fingerprint density at radius 2 is 2.20 bits per heavy atom. The average molecular weight is 342 g/mol. The highest BCUT2D eigenvalue weighted by Crippen LogP contribution is 2.35. The Bertz CT molecular complexity index is 780. The van der Waals surface area contributed by atoms with E-state index in [2.05, 4.69) is 22.1 Å². The number of nitrogens with one attached hydrogen (secondary N) is 2. The van der Waals surface area contributed by atoms with Gasteiger partial charge in [0.05, 0.1) is 29.7 Å². The highest BCUT2D eigenvalue weighted by Gasteiger charge is 2.36. The lowest BCUT2D eigenvalue weighted by molar-refractivity contribution is -0.00724. The molecule has 1 unspecified atom stereocenters. The second kappa shape index (κ2) is 7.23. The first-order chi connectivity index (χ1) is 12.3. The van der Waals surface area contributed by atoms with Crippen molar-refractivity contribution in [3.8, 4) is 0 Å². The summed E-state index contributed by atoms with van der Waals surface area (Å²) in [6.45, 7) is 5.63. The van der Waals surface area contributed by atoms with Crippen LogP contribution in [0.1, 0.15) is 38.1 Å². The first-order valence-electron chi connectivity index (χ1n) is 9.33. The predicted octanol–water partition coefficient (Wildman–Crippen LogP) is 1.83. The van der Waals surface area contributed by atoms with Crippen molar-refractivity contribution in [3.63, 3.8) is 0 Å². The van der Waals surface area contributed by atoms with Crippen molar-refractivity contribution in [1.29, 1.82) is 0 Å². The van der Waals surface area contributed by atoms with E-state index in [1.165, 1.54) is 12.8 Å². The van der Waals surface area contributed by atoms with Gasteiger partial charge in [-0.1, -0.05) is 19.1 Å². The van der Waals surface area contributed by atoms with E-state index < -0.39 is 0 Å². The van der Waals surface area contributed by atoms with E-state index in [0.717, 1.165) is 44.0 Å². The van der Waals surface area contributed by atoms with Crippen molar-refractivity contribution >= 4 is 10.9 Å². The van der Waals surface area contributed by atoms with E-state index in [0.29, 0.717) is 11.4 Å². The van der Waals surface area contributed by atoms with Gasteiger partial charge in [0, 0.05) is 25.7 Å². The Kier molecular flexibility index (Phi) is 4.83. The van der Waals surface area contributed by atoms with E-state index in [1.807, 2.05) is 24.3 Å². The average Bonchev–Trinajstić information content (AvgIpc) is 3.47. The second-order valence-electron chi connectivity index (χ2n) is 7.02. The van der Waals surface area contributed by atoms with Gasteiger partial charge in [-0.3, -0.25) is 9.69 Å². The third-order valence-electron chi connectivity index (χ3n) is 5.17. The monoisotopic (exact) mass is 342 g/mol. The Hall–Kier alpha value is -1.76. The Labute approximate surface area is 147 Å². The molecule has 4 rings (SSSR count). The number of aromatic nitrogens is 2. The second-order valence-corrected chi connectivity index (χ2v) is 7.02. The molecule has 2 aliphatic rings. The fourth-order valence-electron chi connectivity index (χ4n) is 3.76.